The van der Waals surface area contributed by atoms with Crippen LogP contribution in [0.2, 0.25) is 0 Å². The molecule has 0 spiro atoms. The molecule has 1 fully saturated rings. The molecule has 2 unspecified atom stereocenters. The van der Waals surface area contributed by atoms with E-state index in [0.717, 1.165) is 27.5 Å². The van der Waals surface area contributed by atoms with Crippen LogP contribution < -0.4 is 5.32 Å². The summed E-state index contributed by atoms with van der Waals surface area (Å²) in [5, 5.41) is 4.17. The van der Waals surface area contributed by atoms with Gasteiger partial charge in [-0.1, -0.05) is 50.8 Å². The van der Waals surface area contributed by atoms with Gasteiger partial charge in [0.25, 0.3) is 5.91 Å². The molecular weight excluding hydrogens is 382 g/mol. The van der Waals surface area contributed by atoms with E-state index in [-0.39, 0.29) is 5.91 Å². The van der Waals surface area contributed by atoms with Crippen LogP contribution in [-0.4, -0.2) is 17.8 Å². The molecule has 1 aromatic carbocycles. The van der Waals surface area contributed by atoms with Gasteiger partial charge in [0, 0.05) is 21.9 Å². The largest absolute Gasteiger partial charge is 0.352 e. The smallest absolute Gasteiger partial charge is 0.251 e. The molecule has 0 bridgehead atoms. The van der Waals surface area contributed by atoms with Gasteiger partial charge in [0.1, 0.15) is 0 Å². The number of nitrogens with one attached hydrogen (secondary N) is 1. The minimum Gasteiger partial charge on any atom is -0.352 e. The Morgan fingerprint density at radius 1 is 1.30 bits per heavy atom. The summed E-state index contributed by atoms with van der Waals surface area (Å²) in [4.78, 5) is 12.3. The van der Waals surface area contributed by atoms with Gasteiger partial charge in [-0.25, -0.2) is 0 Å². The van der Waals surface area contributed by atoms with Crippen LogP contribution in [0.1, 0.15) is 41.6 Å². The van der Waals surface area contributed by atoms with Crippen LogP contribution in [0.15, 0.2) is 22.7 Å². The highest BCUT2D eigenvalue weighted by Crippen LogP contribution is 2.31. The fourth-order valence-corrected chi connectivity index (χ4v) is 4.15. The lowest BCUT2D eigenvalue weighted by Gasteiger charge is -2.30. The van der Waals surface area contributed by atoms with Crippen molar-refractivity contribution in [3.8, 4) is 0 Å². The van der Waals surface area contributed by atoms with Crippen molar-refractivity contribution in [1.82, 2.24) is 5.32 Å². The molecule has 110 valence electrons. The first kappa shape index (κ1) is 16.0. The van der Waals surface area contributed by atoms with Gasteiger partial charge in [-0.15, -0.1) is 0 Å². The Balaban J connectivity index is 1.96. The highest BCUT2D eigenvalue weighted by atomic mass is 79.9. The van der Waals surface area contributed by atoms with Gasteiger partial charge >= 0.3 is 0 Å². The predicted octanol–water partition coefficient (Wildman–Crippen LogP) is 4.69. The number of hydrogen-bond acceptors (Lipinski definition) is 1. The first-order valence-electron chi connectivity index (χ1n) is 7.22. The average Bonchev–Trinajstić information content (AvgIpc) is 2.48. The van der Waals surface area contributed by atoms with E-state index in [1.807, 2.05) is 25.1 Å². The number of amides is 1. The molecule has 1 saturated carbocycles. The van der Waals surface area contributed by atoms with Crippen molar-refractivity contribution >= 4 is 37.8 Å². The van der Waals surface area contributed by atoms with Gasteiger partial charge in [-0.05, 0) is 49.3 Å². The van der Waals surface area contributed by atoms with Crippen LogP contribution in [0.3, 0.4) is 0 Å². The van der Waals surface area contributed by atoms with E-state index < -0.39 is 0 Å². The van der Waals surface area contributed by atoms with Crippen LogP contribution in [-0.2, 0) is 0 Å². The Bertz CT molecular complexity index is 476. The molecule has 0 aliphatic heterocycles. The minimum atomic E-state index is 0.0442. The van der Waals surface area contributed by atoms with E-state index in [4.69, 9.17) is 0 Å². The molecule has 20 heavy (non-hydrogen) atoms. The Labute approximate surface area is 138 Å². The van der Waals surface area contributed by atoms with Gasteiger partial charge in [0.2, 0.25) is 0 Å². The second-order valence-electron chi connectivity index (χ2n) is 5.58. The molecule has 1 aliphatic carbocycles. The molecule has 0 radical (unpaired) electrons. The van der Waals surface area contributed by atoms with E-state index in [1.165, 1.54) is 25.7 Å². The van der Waals surface area contributed by atoms with Crippen molar-refractivity contribution in [3.63, 3.8) is 0 Å². The summed E-state index contributed by atoms with van der Waals surface area (Å²) >= 11 is 7.08. The number of hydrogen-bond donors (Lipinski definition) is 1. The van der Waals surface area contributed by atoms with Crippen molar-refractivity contribution in [2.75, 3.05) is 11.9 Å². The number of alkyl halides is 1. The molecule has 1 N–H and O–H groups in total. The molecule has 0 aromatic heterocycles. The zero-order chi connectivity index (χ0) is 14.5. The van der Waals surface area contributed by atoms with Crippen molar-refractivity contribution in [2.45, 2.75) is 32.6 Å². The van der Waals surface area contributed by atoms with E-state index in [0.29, 0.717) is 11.8 Å². The van der Waals surface area contributed by atoms with Crippen molar-refractivity contribution in [2.24, 2.45) is 11.8 Å². The van der Waals surface area contributed by atoms with E-state index in [2.05, 4.69) is 37.2 Å². The lowest BCUT2D eigenvalue weighted by Crippen LogP contribution is -2.35. The molecule has 1 aliphatic rings. The molecule has 2 atom stereocenters. The Kier molecular flexibility index (Phi) is 6.09. The number of carbonyl (C=O) groups excluding carboxylic acids is 1. The summed E-state index contributed by atoms with van der Waals surface area (Å²) in [7, 11) is 0. The lowest BCUT2D eigenvalue weighted by atomic mass is 9.80. The maximum Gasteiger partial charge on any atom is 0.251 e. The number of benzene rings is 1. The van der Waals surface area contributed by atoms with Crippen molar-refractivity contribution in [1.29, 1.82) is 0 Å². The third-order valence-electron chi connectivity index (χ3n) is 4.30. The van der Waals surface area contributed by atoms with Crippen molar-refractivity contribution in [3.05, 3.63) is 33.8 Å². The normalized spacial score (nSPS) is 22.6. The average molecular weight is 403 g/mol. The molecule has 0 heterocycles. The summed E-state index contributed by atoms with van der Waals surface area (Å²) in [6, 6.07) is 5.76. The third kappa shape index (κ3) is 3.85. The minimum absolute atomic E-state index is 0.0442. The fourth-order valence-electron chi connectivity index (χ4n) is 2.93. The van der Waals surface area contributed by atoms with Crippen molar-refractivity contribution < 1.29 is 4.79 Å². The summed E-state index contributed by atoms with van der Waals surface area (Å²) in [5.41, 5.74) is 1.77. The Morgan fingerprint density at radius 2 is 2.00 bits per heavy atom. The standard InChI is InChI=1S/C16H21Br2NO/c1-11-14(7-4-8-15(11)18)16(20)19-10-13-6-3-2-5-12(13)9-17/h4,7-8,12-13H,2-3,5-6,9-10H2,1H3,(H,19,20). The Hall–Kier alpha value is -0.350. The van der Waals surface area contributed by atoms with Crippen LogP contribution in [0.5, 0.6) is 0 Å². The fraction of sp³-hybridized carbons (Fsp3) is 0.562. The molecule has 0 saturated heterocycles. The SMILES string of the molecule is Cc1c(Br)cccc1C(=O)NCC1CCCCC1CBr. The third-order valence-corrected chi connectivity index (χ3v) is 5.99. The molecule has 2 rings (SSSR count). The predicted molar refractivity (Wildman–Crippen MR) is 90.5 cm³/mol. The quantitative estimate of drug-likeness (QED) is 0.727. The maximum absolute atomic E-state index is 12.3. The second kappa shape index (κ2) is 7.60. The Morgan fingerprint density at radius 3 is 2.70 bits per heavy atom. The van der Waals surface area contributed by atoms with Gasteiger partial charge in [-0.2, -0.15) is 0 Å². The van der Waals surface area contributed by atoms with Crippen LogP contribution in [0.4, 0.5) is 0 Å². The van der Waals surface area contributed by atoms with E-state index >= 15 is 0 Å². The zero-order valence-corrected chi connectivity index (χ0v) is 15.0. The van der Waals surface area contributed by atoms with Crippen LogP contribution in [0.25, 0.3) is 0 Å². The maximum atomic E-state index is 12.3. The summed E-state index contributed by atoms with van der Waals surface area (Å²) < 4.78 is 0.987. The van der Waals surface area contributed by atoms with Crippen LogP contribution in [0, 0.1) is 18.8 Å². The summed E-state index contributed by atoms with van der Waals surface area (Å²) in [6.07, 6.45) is 5.13. The molecule has 1 aromatic rings. The first-order chi connectivity index (χ1) is 9.63. The number of rotatable bonds is 4. The first-order valence-corrected chi connectivity index (χ1v) is 9.14. The highest BCUT2D eigenvalue weighted by Gasteiger charge is 2.24. The monoisotopic (exact) mass is 401 g/mol. The highest BCUT2D eigenvalue weighted by molar-refractivity contribution is 9.10. The van der Waals surface area contributed by atoms with Crippen LogP contribution >= 0.6 is 31.9 Å². The summed E-state index contributed by atoms with van der Waals surface area (Å²) in [5.74, 6) is 1.36. The number of halogens is 2. The molecular formula is C16H21Br2NO. The zero-order valence-electron chi connectivity index (χ0n) is 11.8. The van der Waals surface area contributed by atoms with Gasteiger partial charge in [-0.3, -0.25) is 4.79 Å². The molecule has 1 amide bonds. The molecule has 4 heteroatoms. The topological polar surface area (TPSA) is 29.1 Å². The van der Waals surface area contributed by atoms with E-state index in [1.54, 1.807) is 0 Å². The van der Waals surface area contributed by atoms with E-state index in [9.17, 15) is 4.79 Å². The summed E-state index contributed by atoms with van der Waals surface area (Å²) in [6.45, 7) is 2.77. The second-order valence-corrected chi connectivity index (χ2v) is 7.08. The lowest BCUT2D eigenvalue weighted by molar-refractivity contribution is 0.0936. The van der Waals surface area contributed by atoms with Gasteiger partial charge in [0.15, 0.2) is 0 Å². The number of carbonyl (C=O) groups is 1. The molecule has 2 nitrogen and oxygen atoms in total. The van der Waals surface area contributed by atoms with Gasteiger partial charge < -0.3 is 5.32 Å². The van der Waals surface area contributed by atoms with Gasteiger partial charge in [0.05, 0.1) is 0 Å².